The summed E-state index contributed by atoms with van der Waals surface area (Å²) in [6.45, 7) is 4.62. The standard InChI is InChI=1S/C27H48O2/c1-3-4-5-6-7-8-22-11-13-23(14-12-22)24-15-17-25(18-16-24)27(28)29-26-19-9-21(2)10-20-26/h21-26H,3-20H2,1-2H3. The average Bonchev–Trinajstić information content (AvgIpc) is 2.76. The number of hydrogen-bond acceptors (Lipinski definition) is 2. The third-order valence-electron chi connectivity index (χ3n) is 8.62. The van der Waals surface area contributed by atoms with Crippen LogP contribution >= 0.6 is 0 Å². The first-order valence-corrected chi connectivity index (χ1v) is 13.4. The first-order chi connectivity index (χ1) is 14.2. The second kappa shape index (κ2) is 12.4. The SMILES string of the molecule is CCCCCCCC1CCC(C2CCC(C(=O)OC3CCC(C)CC3)CC2)CC1. The maximum Gasteiger partial charge on any atom is 0.309 e. The highest BCUT2D eigenvalue weighted by Gasteiger charge is 2.34. The summed E-state index contributed by atoms with van der Waals surface area (Å²) in [5, 5.41) is 0. The second-order valence-electron chi connectivity index (χ2n) is 10.9. The average molecular weight is 405 g/mol. The van der Waals surface area contributed by atoms with E-state index in [0.29, 0.717) is 0 Å². The van der Waals surface area contributed by atoms with E-state index in [1.807, 2.05) is 0 Å². The van der Waals surface area contributed by atoms with Gasteiger partial charge in [-0.25, -0.2) is 0 Å². The minimum Gasteiger partial charge on any atom is -0.462 e. The fourth-order valence-corrected chi connectivity index (χ4v) is 6.42. The molecule has 2 heteroatoms. The van der Waals surface area contributed by atoms with Gasteiger partial charge in [0, 0.05) is 0 Å². The van der Waals surface area contributed by atoms with Gasteiger partial charge in [0.1, 0.15) is 6.10 Å². The molecule has 0 N–H and O–H groups in total. The number of esters is 1. The number of hydrogen-bond donors (Lipinski definition) is 0. The van der Waals surface area contributed by atoms with E-state index in [-0.39, 0.29) is 18.0 Å². The molecule has 29 heavy (non-hydrogen) atoms. The number of carbonyl (C=O) groups is 1. The molecule has 0 unspecified atom stereocenters. The van der Waals surface area contributed by atoms with Crippen LogP contribution in [-0.4, -0.2) is 12.1 Å². The minimum absolute atomic E-state index is 0.134. The molecule has 3 saturated carbocycles. The summed E-state index contributed by atoms with van der Waals surface area (Å²) in [5.74, 6) is 4.00. The van der Waals surface area contributed by atoms with E-state index < -0.39 is 0 Å². The molecule has 0 saturated heterocycles. The maximum atomic E-state index is 12.6. The molecule has 0 aromatic heterocycles. The molecule has 168 valence electrons. The van der Waals surface area contributed by atoms with Gasteiger partial charge in [-0.3, -0.25) is 4.79 Å². The van der Waals surface area contributed by atoms with Crippen LogP contribution in [0.3, 0.4) is 0 Å². The molecule has 0 radical (unpaired) electrons. The fraction of sp³-hybridized carbons (Fsp3) is 0.963. The smallest absolute Gasteiger partial charge is 0.309 e. The summed E-state index contributed by atoms with van der Waals surface area (Å²) >= 11 is 0. The predicted molar refractivity (Wildman–Crippen MR) is 122 cm³/mol. The lowest BCUT2D eigenvalue weighted by Crippen LogP contribution is -2.32. The Labute approximate surface area is 180 Å². The molecule has 3 fully saturated rings. The van der Waals surface area contributed by atoms with Gasteiger partial charge in [0.05, 0.1) is 5.92 Å². The van der Waals surface area contributed by atoms with Crippen molar-refractivity contribution in [2.24, 2.45) is 29.6 Å². The third-order valence-corrected chi connectivity index (χ3v) is 8.62. The minimum atomic E-state index is 0.134. The Morgan fingerprint density at radius 1 is 0.724 bits per heavy atom. The molecular formula is C27H48O2. The lowest BCUT2D eigenvalue weighted by molar-refractivity contribution is -0.157. The van der Waals surface area contributed by atoms with Gasteiger partial charge in [0.25, 0.3) is 0 Å². The van der Waals surface area contributed by atoms with E-state index in [9.17, 15) is 4.79 Å². The highest BCUT2D eigenvalue weighted by molar-refractivity contribution is 5.72. The Bertz CT molecular complexity index is 449. The van der Waals surface area contributed by atoms with Gasteiger partial charge >= 0.3 is 5.97 Å². The van der Waals surface area contributed by atoms with Crippen molar-refractivity contribution in [2.75, 3.05) is 0 Å². The van der Waals surface area contributed by atoms with Crippen molar-refractivity contribution < 1.29 is 9.53 Å². The molecule has 0 aromatic rings. The van der Waals surface area contributed by atoms with E-state index in [0.717, 1.165) is 49.4 Å². The van der Waals surface area contributed by atoms with Crippen LogP contribution in [0.25, 0.3) is 0 Å². The molecule has 2 nitrogen and oxygen atoms in total. The number of unbranched alkanes of at least 4 members (excludes halogenated alkanes) is 4. The van der Waals surface area contributed by atoms with Gasteiger partial charge in [-0.1, -0.05) is 65.2 Å². The van der Waals surface area contributed by atoms with Crippen LogP contribution in [0.5, 0.6) is 0 Å². The largest absolute Gasteiger partial charge is 0.462 e. The van der Waals surface area contributed by atoms with Crippen LogP contribution in [0.15, 0.2) is 0 Å². The summed E-state index contributed by atoms with van der Waals surface area (Å²) in [6.07, 6.45) is 24.0. The van der Waals surface area contributed by atoms with Gasteiger partial charge in [-0.15, -0.1) is 0 Å². The Morgan fingerprint density at radius 2 is 1.31 bits per heavy atom. The normalized spacial score (nSPS) is 35.9. The molecular weight excluding hydrogens is 356 g/mol. The molecule has 0 aromatic carbocycles. The van der Waals surface area contributed by atoms with Crippen molar-refractivity contribution >= 4 is 5.97 Å². The summed E-state index contributed by atoms with van der Waals surface area (Å²) in [6, 6.07) is 0. The zero-order valence-corrected chi connectivity index (χ0v) is 19.5. The first-order valence-electron chi connectivity index (χ1n) is 13.4. The van der Waals surface area contributed by atoms with Crippen molar-refractivity contribution in [3.05, 3.63) is 0 Å². The van der Waals surface area contributed by atoms with Crippen LogP contribution < -0.4 is 0 Å². The lowest BCUT2D eigenvalue weighted by Gasteiger charge is -2.37. The molecule has 3 rings (SSSR count). The van der Waals surface area contributed by atoms with Gasteiger partial charge < -0.3 is 4.74 Å². The predicted octanol–water partition coefficient (Wildman–Crippen LogP) is 8.08. The van der Waals surface area contributed by atoms with Crippen LogP contribution in [0, 0.1) is 29.6 Å². The summed E-state index contributed by atoms with van der Waals surface area (Å²) < 4.78 is 5.90. The molecule has 0 bridgehead atoms. The highest BCUT2D eigenvalue weighted by atomic mass is 16.5. The van der Waals surface area contributed by atoms with Crippen LogP contribution in [0.2, 0.25) is 0 Å². The van der Waals surface area contributed by atoms with Gasteiger partial charge in [0.15, 0.2) is 0 Å². The summed E-state index contributed by atoms with van der Waals surface area (Å²) in [5.41, 5.74) is 0. The molecule has 0 aliphatic heterocycles. The van der Waals surface area contributed by atoms with Gasteiger partial charge in [-0.05, 0) is 87.9 Å². The molecule has 0 atom stereocenters. The van der Waals surface area contributed by atoms with Crippen LogP contribution in [0.4, 0.5) is 0 Å². The van der Waals surface area contributed by atoms with Gasteiger partial charge in [0.2, 0.25) is 0 Å². The molecule has 0 spiro atoms. The monoisotopic (exact) mass is 404 g/mol. The Balaban J connectivity index is 1.28. The Hall–Kier alpha value is -0.530. The fourth-order valence-electron chi connectivity index (χ4n) is 6.42. The van der Waals surface area contributed by atoms with Crippen molar-refractivity contribution in [3.63, 3.8) is 0 Å². The van der Waals surface area contributed by atoms with Crippen LogP contribution in [0.1, 0.15) is 129 Å². The highest BCUT2D eigenvalue weighted by Crippen LogP contribution is 2.42. The first kappa shape index (κ1) is 23.1. The zero-order chi connectivity index (χ0) is 20.5. The molecule has 0 heterocycles. The summed E-state index contributed by atoms with van der Waals surface area (Å²) in [4.78, 5) is 12.6. The molecule has 0 amide bonds. The quantitative estimate of drug-likeness (QED) is 0.287. The number of rotatable bonds is 9. The van der Waals surface area contributed by atoms with E-state index in [1.165, 1.54) is 89.9 Å². The van der Waals surface area contributed by atoms with Crippen molar-refractivity contribution in [1.29, 1.82) is 0 Å². The second-order valence-corrected chi connectivity index (χ2v) is 10.9. The van der Waals surface area contributed by atoms with Crippen molar-refractivity contribution in [3.8, 4) is 0 Å². The van der Waals surface area contributed by atoms with Crippen LogP contribution in [-0.2, 0) is 9.53 Å². The zero-order valence-electron chi connectivity index (χ0n) is 19.5. The number of ether oxygens (including phenoxy) is 1. The maximum absolute atomic E-state index is 12.6. The van der Waals surface area contributed by atoms with E-state index in [2.05, 4.69) is 13.8 Å². The Kier molecular flexibility index (Phi) is 9.86. The molecule has 3 aliphatic rings. The summed E-state index contributed by atoms with van der Waals surface area (Å²) in [7, 11) is 0. The third kappa shape index (κ3) is 7.59. The topological polar surface area (TPSA) is 26.3 Å². The number of carbonyl (C=O) groups excluding carboxylic acids is 1. The van der Waals surface area contributed by atoms with E-state index in [1.54, 1.807) is 0 Å². The van der Waals surface area contributed by atoms with Crippen molar-refractivity contribution in [2.45, 2.75) is 136 Å². The van der Waals surface area contributed by atoms with E-state index >= 15 is 0 Å². The van der Waals surface area contributed by atoms with Crippen molar-refractivity contribution in [1.82, 2.24) is 0 Å². The Morgan fingerprint density at radius 3 is 1.93 bits per heavy atom. The van der Waals surface area contributed by atoms with Gasteiger partial charge in [-0.2, -0.15) is 0 Å². The molecule has 3 aliphatic carbocycles. The lowest BCUT2D eigenvalue weighted by atomic mass is 9.68. The van der Waals surface area contributed by atoms with E-state index in [4.69, 9.17) is 4.74 Å².